The van der Waals surface area contributed by atoms with E-state index in [1.807, 2.05) is 0 Å². The van der Waals surface area contributed by atoms with Crippen LogP contribution in [0.2, 0.25) is 0 Å². The van der Waals surface area contributed by atoms with Crippen LogP contribution in [0.15, 0.2) is 23.1 Å². The molecule has 1 saturated heterocycles. The van der Waals surface area contributed by atoms with Crippen LogP contribution in [0.1, 0.15) is 42.6 Å². The summed E-state index contributed by atoms with van der Waals surface area (Å²) in [5.74, 6) is 0.537. The molecule has 2 rings (SSSR count). The Morgan fingerprint density at radius 3 is 2.50 bits per heavy atom. The molecule has 1 aliphatic heterocycles. The molecular weight excluding hydrogens is 350 g/mol. The minimum Gasteiger partial charge on any atom is -0.350 e. The number of amides is 1. The number of rotatable bonds is 6. The molecule has 1 aromatic rings. The van der Waals surface area contributed by atoms with Crippen molar-refractivity contribution in [2.75, 3.05) is 33.7 Å². The summed E-state index contributed by atoms with van der Waals surface area (Å²) in [5, 5.41) is 2.95. The predicted molar refractivity (Wildman–Crippen MR) is 104 cm³/mol. The first-order valence-corrected chi connectivity index (χ1v) is 10.6. The van der Waals surface area contributed by atoms with E-state index in [0.29, 0.717) is 17.7 Å². The van der Waals surface area contributed by atoms with Crippen LogP contribution in [0, 0.1) is 12.8 Å². The summed E-state index contributed by atoms with van der Waals surface area (Å²) in [7, 11) is -0.595. The highest BCUT2D eigenvalue weighted by atomic mass is 32.2. The van der Waals surface area contributed by atoms with Crippen molar-refractivity contribution in [3.05, 3.63) is 29.3 Å². The van der Waals surface area contributed by atoms with E-state index in [1.165, 1.54) is 33.0 Å². The lowest BCUT2D eigenvalue weighted by Gasteiger charge is -2.35. The first kappa shape index (κ1) is 20.9. The summed E-state index contributed by atoms with van der Waals surface area (Å²) >= 11 is 0. The standard InChI is InChI=1S/C19H31N3O3S/c1-14-8-10-22(11-9-14)16(3)13-20-19(23)17-7-6-15(2)18(12-17)26(24,25)21(4)5/h6-7,12,14,16H,8-11,13H2,1-5H3,(H,20,23). The number of carbonyl (C=O) groups excluding carboxylic acids is 1. The number of sulfonamides is 1. The maximum Gasteiger partial charge on any atom is 0.251 e. The molecule has 1 amide bonds. The van der Waals surface area contributed by atoms with Gasteiger partial charge in [0.15, 0.2) is 0 Å². The number of benzene rings is 1. The van der Waals surface area contributed by atoms with Gasteiger partial charge < -0.3 is 5.32 Å². The number of aryl methyl sites for hydroxylation is 1. The van der Waals surface area contributed by atoms with Gasteiger partial charge in [0.2, 0.25) is 10.0 Å². The number of carbonyl (C=O) groups is 1. The fourth-order valence-electron chi connectivity index (χ4n) is 3.16. The Bertz CT molecular complexity index is 738. The maximum absolute atomic E-state index is 12.5. The lowest BCUT2D eigenvalue weighted by Crippen LogP contribution is -2.45. The summed E-state index contributed by atoms with van der Waals surface area (Å²) in [5.41, 5.74) is 1.00. The largest absolute Gasteiger partial charge is 0.350 e. The lowest BCUT2D eigenvalue weighted by atomic mass is 9.98. The van der Waals surface area contributed by atoms with Crippen LogP contribution >= 0.6 is 0 Å². The van der Waals surface area contributed by atoms with Crippen LogP contribution in [-0.4, -0.2) is 63.3 Å². The Hall–Kier alpha value is -1.44. The zero-order valence-electron chi connectivity index (χ0n) is 16.4. The first-order chi connectivity index (χ1) is 12.1. The summed E-state index contributed by atoms with van der Waals surface area (Å²) < 4.78 is 26.0. The molecule has 1 fully saturated rings. The Morgan fingerprint density at radius 2 is 1.92 bits per heavy atom. The molecule has 0 bridgehead atoms. The number of hydrogen-bond donors (Lipinski definition) is 1. The van der Waals surface area contributed by atoms with Gasteiger partial charge in [-0.05, 0) is 63.4 Å². The first-order valence-electron chi connectivity index (χ1n) is 9.18. The van der Waals surface area contributed by atoms with Crippen LogP contribution in [0.25, 0.3) is 0 Å². The van der Waals surface area contributed by atoms with Crippen molar-refractivity contribution < 1.29 is 13.2 Å². The third-order valence-corrected chi connectivity index (χ3v) is 7.17. The van der Waals surface area contributed by atoms with Crippen LogP contribution < -0.4 is 5.32 Å². The zero-order valence-corrected chi connectivity index (χ0v) is 17.3. The maximum atomic E-state index is 12.5. The quantitative estimate of drug-likeness (QED) is 0.819. The Labute approximate surface area is 157 Å². The van der Waals surface area contributed by atoms with Gasteiger partial charge in [0.05, 0.1) is 4.90 Å². The molecular formula is C19H31N3O3S. The molecule has 0 saturated carbocycles. The van der Waals surface area contributed by atoms with Crippen LogP contribution in [0.5, 0.6) is 0 Å². The molecule has 0 radical (unpaired) electrons. The zero-order chi connectivity index (χ0) is 19.5. The number of likely N-dealkylation sites (tertiary alicyclic amines) is 1. The minimum absolute atomic E-state index is 0.174. The highest BCUT2D eigenvalue weighted by Crippen LogP contribution is 2.20. The molecule has 0 spiro atoms. The Kier molecular flexibility index (Phi) is 6.82. The minimum atomic E-state index is -3.57. The van der Waals surface area contributed by atoms with Crippen molar-refractivity contribution in [3.8, 4) is 0 Å². The van der Waals surface area contributed by atoms with E-state index in [0.717, 1.165) is 23.3 Å². The van der Waals surface area contributed by atoms with Crippen molar-refractivity contribution in [2.24, 2.45) is 5.92 Å². The normalized spacial score (nSPS) is 18.1. The summed E-state index contributed by atoms with van der Waals surface area (Å²) in [4.78, 5) is 15.1. The second kappa shape index (κ2) is 8.50. The molecule has 6 nitrogen and oxygen atoms in total. The molecule has 7 heteroatoms. The molecule has 1 unspecified atom stereocenters. The number of piperidine rings is 1. The van der Waals surface area contributed by atoms with Crippen LogP contribution in [0.4, 0.5) is 0 Å². The van der Waals surface area contributed by atoms with Crippen molar-refractivity contribution in [1.29, 1.82) is 0 Å². The van der Waals surface area contributed by atoms with Gasteiger partial charge in [0.25, 0.3) is 5.91 Å². The molecule has 1 atom stereocenters. The third-order valence-electron chi connectivity index (χ3n) is 5.21. The van der Waals surface area contributed by atoms with E-state index >= 15 is 0 Å². The monoisotopic (exact) mass is 381 g/mol. The molecule has 1 aliphatic rings. The topological polar surface area (TPSA) is 69.7 Å². The SMILES string of the molecule is Cc1ccc(C(=O)NCC(C)N2CCC(C)CC2)cc1S(=O)(=O)N(C)C. The fraction of sp³-hybridized carbons (Fsp3) is 0.632. The van der Waals surface area contributed by atoms with Gasteiger partial charge in [-0.2, -0.15) is 0 Å². The fourth-order valence-corrected chi connectivity index (χ4v) is 4.30. The molecule has 1 heterocycles. The summed E-state index contributed by atoms with van der Waals surface area (Å²) in [6.45, 7) is 8.81. The molecule has 0 aromatic heterocycles. The van der Waals surface area contributed by atoms with E-state index in [9.17, 15) is 13.2 Å². The van der Waals surface area contributed by atoms with Gasteiger partial charge in [-0.1, -0.05) is 13.0 Å². The molecule has 26 heavy (non-hydrogen) atoms. The van der Waals surface area contributed by atoms with Gasteiger partial charge in [-0.3, -0.25) is 9.69 Å². The van der Waals surface area contributed by atoms with Crippen LogP contribution in [0.3, 0.4) is 0 Å². The van der Waals surface area contributed by atoms with Gasteiger partial charge in [0, 0.05) is 32.2 Å². The van der Waals surface area contributed by atoms with Gasteiger partial charge in [0.1, 0.15) is 0 Å². The van der Waals surface area contributed by atoms with Crippen molar-refractivity contribution >= 4 is 15.9 Å². The molecule has 1 aromatic carbocycles. The van der Waals surface area contributed by atoms with E-state index in [2.05, 4.69) is 24.1 Å². The van der Waals surface area contributed by atoms with E-state index in [1.54, 1.807) is 19.1 Å². The summed E-state index contributed by atoms with van der Waals surface area (Å²) in [6, 6.07) is 5.09. The van der Waals surface area contributed by atoms with Gasteiger partial charge in [-0.25, -0.2) is 12.7 Å². The van der Waals surface area contributed by atoms with Crippen molar-refractivity contribution in [1.82, 2.24) is 14.5 Å². The molecule has 1 N–H and O–H groups in total. The van der Waals surface area contributed by atoms with E-state index in [-0.39, 0.29) is 16.8 Å². The number of nitrogens with one attached hydrogen (secondary N) is 1. The highest BCUT2D eigenvalue weighted by molar-refractivity contribution is 7.89. The Morgan fingerprint density at radius 1 is 1.31 bits per heavy atom. The second-order valence-corrected chi connectivity index (χ2v) is 9.67. The predicted octanol–water partition coefficient (Wildman–Crippen LogP) is 2.10. The number of nitrogens with zero attached hydrogens (tertiary/aromatic N) is 2. The molecule has 146 valence electrons. The van der Waals surface area contributed by atoms with Gasteiger partial charge >= 0.3 is 0 Å². The smallest absolute Gasteiger partial charge is 0.251 e. The number of hydrogen-bond acceptors (Lipinski definition) is 4. The van der Waals surface area contributed by atoms with Crippen molar-refractivity contribution in [3.63, 3.8) is 0 Å². The average molecular weight is 382 g/mol. The lowest BCUT2D eigenvalue weighted by molar-refractivity contribution is 0.0921. The average Bonchev–Trinajstić information content (AvgIpc) is 2.60. The molecule has 0 aliphatic carbocycles. The third kappa shape index (κ3) is 4.84. The van der Waals surface area contributed by atoms with Crippen molar-refractivity contribution in [2.45, 2.75) is 44.6 Å². The highest BCUT2D eigenvalue weighted by Gasteiger charge is 2.23. The van der Waals surface area contributed by atoms with E-state index < -0.39 is 10.0 Å². The van der Waals surface area contributed by atoms with Gasteiger partial charge in [-0.15, -0.1) is 0 Å². The summed E-state index contributed by atoms with van der Waals surface area (Å²) in [6.07, 6.45) is 2.39. The van der Waals surface area contributed by atoms with Crippen LogP contribution in [-0.2, 0) is 10.0 Å². The van der Waals surface area contributed by atoms with E-state index in [4.69, 9.17) is 0 Å². The Balaban J connectivity index is 2.04. The second-order valence-electron chi connectivity index (χ2n) is 7.55.